The maximum absolute atomic E-state index is 6.08. The molecule has 1 aromatic heterocycles. The second kappa shape index (κ2) is 3.55. The van der Waals surface area contributed by atoms with Gasteiger partial charge in [0.25, 0.3) is 0 Å². The van der Waals surface area contributed by atoms with Crippen LogP contribution in [0.15, 0.2) is 0 Å². The molecule has 78 valence electrons. The fourth-order valence-electron chi connectivity index (χ4n) is 2.19. The summed E-state index contributed by atoms with van der Waals surface area (Å²) in [6, 6.07) is 0.446. The quantitative estimate of drug-likeness (QED) is 0.779. The summed E-state index contributed by atoms with van der Waals surface area (Å²) >= 11 is 6.08. The van der Waals surface area contributed by atoms with Gasteiger partial charge in [0.05, 0.1) is 11.7 Å². The number of nitrogens with zero attached hydrogens (tertiary/aromatic N) is 2. The molecule has 0 radical (unpaired) electrons. The summed E-state index contributed by atoms with van der Waals surface area (Å²) in [6.45, 7) is 4.15. The molecule has 0 aromatic carbocycles. The van der Waals surface area contributed by atoms with Crippen molar-refractivity contribution in [2.24, 2.45) is 5.73 Å². The molecule has 3 nitrogen and oxygen atoms in total. The monoisotopic (exact) mass is 213 g/mol. The Kier molecular flexibility index (Phi) is 2.54. The summed E-state index contributed by atoms with van der Waals surface area (Å²) in [5.74, 6) is 0.928. The Bertz CT molecular complexity index is 343. The molecule has 1 aromatic rings. The van der Waals surface area contributed by atoms with Crippen molar-refractivity contribution in [3.05, 3.63) is 16.7 Å². The van der Waals surface area contributed by atoms with Gasteiger partial charge in [0.15, 0.2) is 5.15 Å². The summed E-state index contributed by atoms with van der Waals surface area (Å²) in [5, 5.41) is 0.642. The maximum Gasteiger partial charge on any atom is 0.150 e. The number of hydrogen-bond donors (Lipinski definition) is 1. The molecule has 2 heterocycles. The normalized spacial score (nSPS) is 23.3. The van der Waals surface area contributed by atoms with Crippen LogP contribution in [0.5, 0.6) is 0 Å². The highest BCUT2D eigenvalue weighted by atomic mass is 35.5. The van der Waals surface area contributed by atoms with Crippen LogP contribution in [0.25, 0.3) is 0 Å². The molecule has 14 heavy (non-hydrogen) atoms. The Morgan fingerprint density at radius 3 is 3.00 bits per heavy atom. The Labute approximate surface area is 89.3 Å². The predicted molar refractivity (Wildman–Crippen MR) is 57.5 cm³/mol. The third-order valence-corrected chi connectivity index (χ3v) is 3.17. The first-order chi connectivity index (χ1) is 6.61. The SMILES string of the molecule is CC(N)c1nc(Cl)c2n1C(C)CCC2. The van der Waals surface area contributed by atoms with E-state index in [9.17, 15) is 0 Å². The Hall–Kier alpha value is -0.540. The van der Waals surface area contributed by atoms with Gasteiger partial charge in [-0.2, -0.15) is 0 Å². The number of halogens is 1. The number of aromatic nitrogens is 2. The molecule has 0 spiro atoms. The van der Waals surface area contributed by atoms with Gasteiger partial charge in [-0.05, 0) is 33.1 Å². The molecule has 2 unspecified atom stereocenters. The van der Waals surface area contributed by atoms with Crippen molar-refractivity contribution >= 4 is 11.6 Å². The van der Waals surface area contributed by atoms with Gasteiger partial charge in [-0.1, -0.05) is 11.6 Å². The van der Waals surface area contributed by atoms with Crippen molar-refractivity contribution in [1.29, 1.82) is 0 Å². The number of rotatable bonds is 1. The predicted octanol–water partition coefficient (Wildman–Crippen LogP) is 2.45. The van der Waals surface area contributed by atoms with Crippen molar-refractivity contribution in [3.8, 4) is 0 Å². The molecule has 1 aliphatic heterocycles. The second-order valence-corrected chi connectivity index (χ2v) is 4.47. The highest BCUT2D eigenvalue weighted by Crippen LogP contribution is 2.32. The van der Waals surface area contributed by atoms with Crippen molar-refractivity contribution < 1.29 is 0 Å². The highest BCUT2D eigenvalue weighted by molar-refractivity contribution is 6.30. The van der Waals surface area contributed by atoms with E-state index in [-0.39, 0.29) is 6.04 Å². The van der Waals surface area contributed by atoms with Gasteiger partial charge in [0.2, 0.25) is 0 Å². The Morgan fingerprint density at radius 1 is 1.64 bits per heavy atom. The van der Waals surface area contributed by atoms with Crippen LogP contribution in [-0.4, -0.2) is 9.55 Å². The van der Waals surface area contributed by atoms with Gasteiger partial charge in [0, 0.05) is 6.04 Å². The van der Waals surface area contributed by atoms with Gasteiger partial charge in [-0.25, -0.2) is 4.98 Å². The smallest absolute Gasteiger partial charge is 0.150 e. The topological polar surface area (TPSA) is 43.8 Å². The molecular formula is C10H16ClN3. The summed E-state index contributed by atoms with van der Waals surface area (Å²) in [6.07, 6.45) is 3.42. The van der Waals surface area contributed by atoms with Crippen LogP contribution in [0.4, 0.5) is 0 Å². The number of fused-ring (bicyclic) bond motifs is 1. The van der Waals surface area contributed by atoms with E-state index >= 15 is 0 Å². The second-order valence-electron chi connectivity index (χ2n) is 4.11. The van der Waals surface area contributed by atoms with Crippen LogP contribution in [0.1, 0.15) is 50.3 Å². The van der Waals surface area contributed by atoms with Crippen LogP contribution in [-0.2, 0) is 6.42 Å². The van der Waals surface area contributed by atoms with Crippen molar-refractivity contribution in [1.82, 2.24) is 9.55 Å². The molecule has 2 rings (SSSR count). The van der Waals surface area contributed by atoms with Crippen LogP contribution < -0.4 is 5.73 Å². The van der Waals surface area contributed by atoms with Gasteiger partial charge < -0.3 is 10.3 Å². The zero-order valence-electron chi connectivity index (χ0n) is 8.63. The van der Waals surface area contributed by atoms with E-state index in [1.54, 1.807) is 0 Å². The minimum absolute atomic E-state index is 0.0400. The van der Waals surface area contributed by atoms with Gasteiger partial charge >= 0.3 is 0 Å². The lowest BCUT2D eigenvalue weighted by Gasteiger charge is -2.25. The zero-order valence-corrected chi connectivity index (χ0v) is 9.38. The summed E-state index contributed by atoms with van der Waals surface area (Å²) in [4.78, 5) is 4.35. The number of imidazole rings is 1. The van der Waals surface area contributed by atoms with Crippen molar-refractivity contribution in [3.63, 3.8) is 0 Å². The zero-order chi connectivity index (χ0) is 10.3. The molecule has 0 aliphatic carbocycles. The minimum Gasteiger partial charge on any atom is -0.326 e. The number of nitrogens with two attached hydrogens (primary N) is 1. The average Bonchev–Trinajstić information content (AvgIpc) is 2.46. The Balaban J connectivity index is 2.53. The molecule has 2 N–H and O–H groups in total. The third kappa shape index (κ3) is 1.44. The van der Waals surface area contributed by atoms with Crippen molar-refractivity contribution in [2.75, 3.05) is 0 Å². The first-order valence-corrected chi connectivity index (χ1v) is 5.51. The molecule has 0 amide bonds. The van der Waals surface area contributed by atoms with Crippen molar-refractivity contribution in [2.45, 2.75) is 45.2 Å². The third-order valence-electron chi connectivity index (χ3n) is 2.87. The summed E-state index contributed by atoms with van der Waals surface area (Å²) in [7, 11) is 0. The first-order valence-electron chi connectivity index (χ1n) is 5.13. The summed E-state index contributed by atoms with van der Waals surface area (Å²) in [5.41, 5.74) is 7.04. The van der Waals surface area contributed by atoms with Gasteiger partial charge in [-0.3, -0.25) is 0 Å². The largest absolute Gasteiger partial charge is 0.326 e. The van der Waals surface area contributed by atoms with Crippen LogP contribution >= 0.6 is 11.6 Å². The highest BCUT2D eigenvalue weighted by Gasteiger charge is 2.24. The molecule has 0 fully saturated rings. The lowest BCUT2D eigenvalue weighted by molar-refractivity contribution is 0.411. The standard InChI is InChI=1S/C10H16ClN3/c1-6-4-3-5-8-9(11)13-10(7(2)12)14(6)8/h6-7H,3-5,12H2,1-2H3. The van der Waals surface area contributed by atoms with Gasteiger partial charge in [-0.15, -0.1) is 0 Å². The maximum atomic E-state index is 6.08. The Morgan fingerprint density at radius 2 is 2.36 bits per heavy atom. The molecular weight excluding hydrogens is 198 g/mol. The van der Waals surface area contributed by atoms with E-state index < -0.39 is 0 Å². The molecule has 1 aliphatic rings. The van der Waals surface area contributed by atoms with E-state index in [0.29, 0.717) is 11.2 Å². The lowest BCUT2D eigenvalue weighted by Crippen LogP contribution is -2.21. The molecule has 4 heteroatoms. The molecule has 0 saturated heterocycles. The van der Waals surface area contributed by atoms with Crippen LogP contribution in [0.3, 0.4) is 0 Å². The van der Waals surface area contributed by atoms with Crippen LogP contribution in [0, 0.1) is 0 Å². The fourth-order valence-corrected chi connectivity index (χ4v) is 2.46. The molecule has 0 bridgehead atoms. The van der Waals surface area contributed by atoms with Crippen LogP contribution in [0.2, 0.25) is 5.15 Å². The number of hydrogen-bond acceptors (Lipinski definition) is 2. The van der Waals surface area contributed by atoms with E-state index in [1.165, 1.54) is 12.8 Å². The minimum atomic E-state index is -0.0400. The van der Waals surface area contributed by atoms with E-state index in [4.69, 9.17) is 17.3 Å². The molecule has 0 saturated carbocycles. The first kappa shape index (κ1) is 9.99. The summed E-state index contributed by atoms with van der Waals surface area (Å²) < 4.78 is 2.22. The van der Waals surface area contributed by atoms with E-state index in [0.717, 1.165) is 17.9 Å². The fraction of sp³-hybridized carbons (Fsp3) is 0.700. The van der Waals surface area contributed by atoms with E-state index in [1.807, 2.05) is 6.92 Å². The average molecular weight is 214 g/mol. The molecule has 2 atom stereocenters. The lowest BCUT2D eigenvalue weighted by atomic mass is 10.0. The van der Waals surface area contributed by atoms with E-state index in [2.05, 4.69) is 16.5 Å². The van der Waals surface area contributed by atoms with Gasteiger partial charge in [0.1, 0.15) is 5.82 Å².